The summed E-state index contributed by atoms with van der Waals surface area (Å²) in [6.45, 7) is 5.39. The van der Waals surface area contributed by atoms with E-state index in [0.29, 0.717) is 24.1 Å². The van der Waals surface area contributed by atoms with E-state index in [1.165, 1.54) is 44.9 Å². The highest BCUT2D eigenvalue weighted by Gasteiger charge is 2.26. The normalized spacial score (nSPS) is 14.5. The van der Waals surface area contributed by atoms with Gasteiger partial charge in [-0.05, 0) is 70.6 Å². The Labute approximate surface area is 320 Å². The molecule has 0 rings (SSSR count). The second kappa shape index (κ2) is 36.2. The lowest BCUT2D eigenvalue weighted by atomic mass is 10.1. The summed E-state index contributed by atoms with van der Waals surface area (Å²) < 4.78 is 34.9. The van der Waals surface area contributed by atoms with Crippen LogP contribution in [0, 0.1) is 0 Å². The molecule has 0 aromatic rings. The molecule has 0 bridgehead atoms. The van der Waals surface area contributed by atoms with E-state index in [-0.39, 0.29) is 25.8 Å². The molecule has 0 aromatic heterocycles. The Morgan fingerprint density at radius 2 is 1.12 bits per heavy atom. The molecule has 0 aromatic carbocycles. The number of carbonyl (C=O) groups excluding carboxylic acids is 1. The molecule has 0 saturated carbocycles. The zero-order chi connectivity index (χ0) is 38.4. The Hall–Kier alpha value is -1.80. The van der Waals surface area contributed by atoms with Gasteiger partial charge < -0.3 is 18.9 Å². The molecule has 302 valence electrons. The number of quaternary nitrogens is 1. The molecule has 1 N–H and O–H groups in total. The first-order chi connectivity index (χ1) is 25.1. The van der Waals surface area contributed by atoms with E-state index in [1.54, 1.807) is 0 Å². The van der Waals surface area contributed by atoms with Crippen molar-refractivity contribution in [3.63, 3.8) is 0 Å². The molecular weight excluding hydrogens is 673 g/mol. The number of allylic oxidation sites excluding steroid dienone is 10. The first kappa shape index (κ1) is 50.2. The van der Waals surface area contributed by atoms with Crippen LogP contribution in [0.5, 0.6) is 0 Å². The molecule has 0 saturated heterocycles. The molecule has 2 unspecified atom stereocenters. The molecule has 0 amide bonds. The Morgan fingerprint density at radius 3 is 1.69 bits per heavy atom. The van der Waals surface area contributed by atoms with E-state index >= 15 is 0 Å². The Kier molecular flexibility index (Phi) is 34.9. The fourth-order valence-electron chi connectivity index (χ4n) is 5.13. The maximum atomic E-state index is 12.6. The summed E-state index contributed by atoms with van der Waals surface area (Å²) >= 11 is 0. The van der Waals surface area contributed by atoms with Crippen molar-refractivity contribution in [1.82, 2.24) is 0 Å². The number of unbranched alkanes of at least 4 members (excludes halogenated alkanes) is 13. The number of hydrogen-bond donors (Lipinski definition) is 1. The summed E-state index contributed by atoms with van der Waals surface area (Å²) in [5, 5.41) is 0. The van der Waals surface area contributed by atoms with Crippen molar-refractivity contribution >= 4 is 13.8 Å². The van der Waals surface area contributed by atoms with Crippen molar-refractivity contribution in [2.75, 3.05) is 54.1 Å². The quantitative estimate of drug-likeness (QED) is 0.0222. The van der Waals surface area contributed by atoms with E-state index in [0.717, 1.165) is 83.5 Å². The standard InChI is InChI=1S/C43H78NO7P/c1-6-8-10-12-14-16-18-19-20-21-22-23-24-25-26-27-29-31-33-35-38-48-40-42(41-50-52(46,47)49-39-37-44(3,4)5)51-43(45)36-34-32-30-28-17-15-13-11-9-7-2/h8,10-11,13-14,16,19-20,22-23,42H,6-7,9,12,15,17-18,21,24-41H2,1-5H3/p+1/b10-8-,13-11-,16-14-,20-19-,23-22-. The van der Waals surface area contributed by atoms with Crippen molar-refractivity contribution in [1.29, 1.82) is 0 Å². The number of esters is 1. The minimum Gasteiger partial charge on any atom is -0.457 e. The summed E-state index contributed by atoms with van der Waals surface area (Å²) in [7, 11) is 1.64. The highest BCUT2D eigenvalue weighted by atomic mass is 31.2. The monoisotopic (exact) mass is 753 g/mol. The van der Waals surface area contributed by atoms with E-state index in [9.17, 15) is 14.3 Å². The lowest BCUT2D eigenvalue weighted by Crippen LogP contribution is -2.37. The van der Waals surface area contributed by atoms with Gasteiger partial charge in [0.05, 0.1) is 34.4 Å². The molecule has 8 nitrogen and oxygen atoms in total. The average molecular weight is 753 g/mol. The van der Waals surface area contributed by atoms with Crippen LogP contribution in [-0.4, -0.2) is 75.6 Å². The summed E-state index contributed by atoms with van der Waals surface area (Å²) in [4.78, 5) is 22.8. The van der Waals surface area contributed by atoms with Crippen molar-refractivity contribution in [3.8, 4) is 0 Å². The molecule has 2 atom stereocenters. The Bertz CT molecular complexity index is 1020. The van der Waals surface area contributed by atoms with Crippen LogP contribution in [0.15, 0.2) is 60.8 Å². The van der Waals surface area contributed by atoms with Gasteiger partial charge in [0, 0.05) is 13.0 Å². The van der Waals surface area contributed by atoms with Crippen molar-refractivity contribution in [3.05, 3.63) is 60.8 Å². The maximum Gasteiger partial charge on any atom is 0.472 e. The highest BCUT2D eigenvalue weighted by molar-refractivity contribution is 7.47. The average Bonchev–Trinajstić information content (AvgIpc) is 3.09. The first-order valence-corrected chi connectivity index (χ1v) is 22.0. The van der Waals surface area contributed by atoms with Gasteiger partial charge in [0.15, 0.2) is 0 Å². The SMILES string of the molecule is CC/C=C\C/C=C\C/C=C\C/C=C\CCCCCCCCCOCC(COP(=O)(O)OCC[N+](C)(C)C)OC(=O)CCCCCCC/C=C\CCC. The summed E-state index contributed by atoms with van der Waals surface area (Å²) in [6, 6.07) is 0. The number of phosphoric ester groups is 1. The predicted molar refractivity (Wildman–Crippen MR) is 219 cm³/mol. The molecule has 0 heterocycles. The highest BCUT2D eigenvalue weighted by Crippen LogP contribution is 2.43. The molecule has 0 radical (unpaired) electrons. The Morgan fingerprint density at radius 1 is 0.615 bits per heavy atom. The topological polar surface area (TPSA) is 91.3 Å². The van der Waals surface area contributed by atoms with Gasteiger partial charge in [-0.1, -0.05) is 132 Å². The summed E-state index contributed by atoms with van der Waals surface area (Å²) in [6.07, 6.45) is 44.0. The lowest BCUT2D eigenvalue weighted by molar-refractivity contribution is -0.870. The molecule has 0 spiro atoms. The van der Waals surface area contributed by atoms with Crippen LogP contribution in [0.3, 0.4) is 0 Å². The zero-order valence-electron chi connectivity index (χ0n) is 34.0. The third-order valence-corrected chi connectivity index (χ3v) is 9.28. The second-order valence-electron chi connectivity index (χ2n) is 14.6. The molecular formula is C43H79NO7P+. The summed E-state index contributed by atoms with van der Waals surface area (Å²) in [5.74, 6) is -0.333. The van der Waals surface area contributed by atoms with Crippen molar-refractivity contribution < 1.29 is 37.3 Å². The first-order valence-electron chi connectivity index (χ1n) is 20.5. The molecule has 9 heteroatoms. The number of rotatable bonds is 37. The third-order valence-electron chi connectivity index (χ3n) is 8.29. The molecule has 0 aliphatic rings. The van der Waals surface area contributed by atoms with Gasteiger partial charge in [0.2, 0.25) is 0 Å². The number of carbonyl (C=O) groups is 1. The van der Waals surface area contributed by atoms with Crippen LogP contribution in [0.1, 0.15) is 149 Å². The minimum absolute atomic E-state index is 0.0819. The second-order valence-corrected chi connectivity index (χ2v) is 16.1. The van der Waals surface area contributed by atoms with Crippen molar-refractivity contribution in [2.45, 2.75) is 155 Å². The maximum absolute atomic E-state index is 12.6. The smallest absolute Gasteiger partial charge is 0.457 e. The van der Waals surface area contributed by atoms with Gasteiger partial charge in [-0.2, -0.15) is 0 Å². The predicted octanol–water partition coefficient (Wildman–Crippen LogP) is 11.8. The number of phosphoric acid groups is 1. The van der Waals surface area contributed by atoms with Crippen LogP contribution < -0.4 is 0 Å². The van der Waals surface area contributed by atoms with Gasteiger partial charge in [0.25, 0.3) is 0 Å². The fraction of sp³-hybridized carbons (Fsp3) is 0.744. The Balaban J connectivity index is 4.23. The lowest BCUT2D eigenvalue weighted by Gasteiger charge is -2.24. The van der Waals surface area contributed by atoms with Gasteiger partial charge in [-0.25, -0.2) is 4.57 Å². The van der Waals surface area contributed by atoms with Crippen LogP contribution in [0.2, 0.25) is 0 Å². The third kappa shape index (κ3) is 39.4. The van der Waals surface area contributed by atoms with E-state index in [2.05, 4.69) is 74.6 Å². The fourth-order valence-corrected chi connectivity index (χ4v) is 5.87. The minimum atomic E-state index is -4.28. The van der Waals surface area contributed by atoms with Crippen LogP contribution in [-0.2, 0) is 27.9 Å². The van der Waals surface area contributed by atoms with Gasteiger partial charge >= 0.3 is 13.8 Å². The number of hydrogen-bond acceptors (Lipinski definition) is 6. The van der Waals surface area contributed by atoms with E-state index in [4.69, 9.17) is 18.5 Å². The number of likely N-dealkylation sites (N-methyl/N-ethyl adjacent to an activating group) is 1. The van der Waals surface area contributed by atoms with E-state index < -0.39 is 13.9 Å². The van der Waals surface area contributed by atoms with Crippen molar-refractivity contribution in [2.24, 2.45) is 0 Å². The molecule has 0 fully saturated rings. The molecule has 52 heavy (non-hydrogen) atoms. The van der Waals surface area contributed by atoms with E-state index in [1.807, 2.05) is 21.1 Å². The molecule has 0 aliphatic heterocycles. The van der Waals surface area contributed by atoms with Crippen LogP contribution in [0.4, 0.5) is 0 Å². The summed E-state index contributed by atoms with van der Waals surface area (Å²) in [5.41, 5.74) is 0. The van der Waals surface area contributed by atoms with Gasteiger partial charge in [0.1, 0.15) is 19.3 Å². The molecule has 0 aliphatic carbocycles. The number of nitrogens with zero attached hydrogens (tertiary/aromatic N) is 1. The zero-order valence-corrected chi connectivity index (χ0v) is 34.9. The largest absolute Gasteiger partial charge is 0.472 e. The van der Waals surface area contributed by atoms with Crippen LogP contribution in [0.25, 0.3) is 0 Å². The van der Waals surface area contributed by atoms with Gasteiger partial charge in [-0.3, -0.25) is 13.8 Å². The number of ether oxygens (including phenoxy) is 2. The van der Waals surface area contributed by atoms with Gasteiger partial charge in [-0.15, -0.1) is 0 Å². The van der Waals surface area contributed by atoms with Crippen LogP contribution >= 0.6 is 7.82 Å².